The molecule has 0 unspecified atom stereocenters. The summed E-state index contributed by atoms with van der Waals surface area (Å²) in [6.07, 6.45) is 1.08. The van der Waals surface area contributed by atoms with E-state index in [4.69, 9.17) is 5.11 Å². The van der Waals surface area contributed by atoms with Gasteiger partial charge < -0.3 is 21.1 Å². The summed E-state index contributed by atoms with van der Waals surface area (Å²) in [5.41, 5.74) is -1.20. The van der Waals surface area contributed by atoms with Gasteiger partial charge >= 0.3 is 5.97 Å². The molecule has 1 rings (SSSR count). The molecule has 1 fully saturated rings. The minimum absolute atomic E-state index is 0.202. The molecule has 0 bridgehead atoms. The standard InChI is InChI=1S/C9H15N3O4/c13-6-11-5-7(14)12-9(8(15)16)1-3-10-4-2-9/h6,10H,1-5H2,(H,11,13)(H,12,14)(H,15,16). The lowest BCUT2D eigenvalue weighted by molar-refractivity contribution is -0.148. The van der Waals surface area contributed by atoms with Crippen molar-refractivity contribution in [3.8, 4) is 0 Å². The summed E-state index contributed by atoms with van der Waals surface area (Å²) in [4.78, 5) is 32.5. The number of hydrogen-bond acceptors (Lipinski definition) is 4. The minimum Gasteiger partial charge on any atom is -0.480 e. The molecule has 1 saturated heterocycles. The molecule has 4 N–H and O–H groups in total. The minimum atomic E-state index is -1.20. The topological polar surface area (TPSA) is 108 Å². The van der Waals surface area contributed by atoms with Crippen molar-refractivity contribution in [3.63, 3.8) is 0 Å². The number of aliphatic carboxylic acids is 1. The highest BCUT2D eigenvalue weighted by Gasteiger charge is 2.40. The fourth-order valence-corrected chi connectivity index (χ4v) is 1.69. The lowest BCUT2D eigenvalue weighted by Gasteiger charge is -2.34. The first kappa shape index (κ1) is 12.4. The summed E-state index contributed by atoms with van der Waals surface area (Å²) in [5.74, 6) is -1.52. The third-order valence-electron chi connectivity index (χ3n) is 2.59. The highest BCUT2D eigenvalue weighted by atomic mass is 16.4. The van der Waals surface area contributed by atoms with Gasteiger partial charge in [0.1, 0.15) is 5.54 Å². The van der Waals surface area contributed by atoms with Crippen LogP contribution < -0.4 is 16.0 Å². The molecular formula is C9H15N3O4. The predicted molar refractivity (Wildman–Crippen MR) is 54.7 cm³/mol. The smallest absolute Gasteiger partial charge is 0.329 e. The number of nitrogens with one attached hydrogen (secondary N) is 3. The van der Waals surface area contributed by atoms with E-state index >= 15 is 0 Å². The number of rotatable bonds is 5. The van der Waals surface area contributed by atoms with E-state index < -0.39 is 17.4 Å². The molecule has 16 heavy (non-hydrogen) atoms. The van der Waals surface area contributed by atoms with Crippen LogP contribution in [0, 0.1) is 0 Å². The molecule has 0 spiro atoms. The third-order valence-corrected chi connectivity index (χ3v) is 2.59. The summed E-state index contributed by atoms with van der Waals surface area (Å²) < 4.78 is 0. The molecule has 1 heterocycles. The zero-order valence-corrected chi connectivity index (χ0v) is 8.78. The maximum atomic E-state index is 11.4. The normalized spacial score (nSPS) is 18.5. The first-order valence-electron chi connectivity index (χ1n) is 5.03. The largest absolute Gasteiger partial charge is 0.480 e. The van der Waals surface area contributed by atoms with E-state index in [2.05, 4.69) is 16.0 Å². The van der Waals surface area contributed by atoms with Crippen LogP contribution in [0.5, 0.6) is 0 Å². The SMILES string of the molecule is O=CNCC(=O)NC1(C(=O)O)CCNCC1. The molecule has 90 valence electrons. The van der Waals surface area contributed by atoms with E-state index in [9.17, 15) is 14.4 Å². The second-order valence-electron chi connectivity index (χ2n) is 3.68. The lowest BCUT2D eigenvalue weighted by Crippen LogP contribution is -2.60. The van der Waals surface area contributed by atoms with E-state index in [0.29, 0.717) is 32.3 Å². The number of hydrogen-bond donors (Lipinski definition) is 4. The van der Waals surface area contributed by atoms with Crippen LogP contribution in [-0.2, 0) is 14.4 Å². The third kappa shape index (κ3) is 2.93. The van der Waals surface area contributed by atoms with Crippen LogP contribution in [0.25, 0.3) is 0 Å². The van der Waals surface area contributed by atoms with Crippen LogP contribution in [0.2, 0.25) is 0 Å². The van der Waals surface area contributed by atoms with Crippen molar-refractivity contribution < 1.29 is 19.5 Å². The average molecular weight is 229 g/mol. The zero-order valence-electron chi connectivity index (χ0n) is 8.78. The summed E-state index contributed by atoms with van der Waals surface area (Å²) in [7, 11) is 0. The molecule has 0 aromatic rings. The Morgan fingerprint density at radius 1 is 1.38 bits per heavy atom. The Labute approximate surface area is 92.6 Å². The highest BCUT2D eigenvalue weighted by Crippen LogP contribution is 2.18. The average Bonchev–Trinajstić information content (AvgIpc) is 2.27. The Kier molecular flexibility index (Phi) is 4.24. The van der Waals surface area contributed by atoms with Crippen molar-refractivity contribution in [3.05, 3.63) is 0 Å². The molecule has 1 aliphatic rings. The molecule has 0 aromatic carbocycles. The van der Waals surface area contributed by atoms with Gasteiger partial charge in [-0.1, -0.05) is 0 Å². The first-order chi connectivity index (χ1) is 7.60. The van der Waals surface area contributed by atoms with Crippen molar-refractivity contribution in [1.29, 1.82) is 0 Å². The number of carboxylic acids is 1. The van der Waals surface area contributed by atoms with Crippen LogP contribution >= 0.6 is 0 Å². The molecule has 0 aromatic heterocycles. The number of carbonyl (C=O) groups is 3. The Hall–Kier alpha value is -1.63. The van der Waals surface area contributed by atoms with E-state index in [0.717, 1.165) is 0 Å². The van der Waals surface area contributed by atoms with E-state index in [1.165, 1.54) is 0 Å². The van der Waals surface area contributed by atoms with Crippen LogP contribution in [-0.4, -0.2) is 48.6 Å². The zero-order chi connectivity index (χ0) is 12.0. The van der Waals surface area contributed by atoms with Gasteiger partial charge in [-0.2, -0.15) is 0 Å². The van der Waals surface area contributed by atoms with Crippen molar-refractivity contribution >= 4 is 18.3 Å². The van der Waals surface area contributed by atoms with Crippen LogP contribution in [0.4, 0.5) is 0 Å². The van der Waals surface area contributed by atoms with Crippen molar-refractivity contribution in [2.24, 2.45) is 0 Å². The second-order valence-corrected chi connectivity index (χ2v) is 3.68. The summed E-state index contributed by atoms with van der Waals surface area (Å²) in [6.45, 7) is 0.896. The summed E-state index contributed by atoms with van der Waals surface area (Å²) >= 11 is 0. The Morgan fingerprint density at radius 2 is 2.00 bits per heavy atom. The maximum Gasteiger partial charge on any atom is 0.329 e. The number of piperidine rings is 1. The van der Waals surface area contributed by atoms with Gasteiger partial charge in [0, 0.05) is 0 Å². The van der Waals surface area contributed by atoms with Crippen LogP contribution in [0.3, 0.4) is 0 Å². The van der Waals surface area contributed by atoms with Crippen molar-refractivity contribution in [2.45, 2.75) is 18.4 Å². The quantitative estimate of drug-likeness (QED) is 0.410. The Bertz CT molecular complexity index is 286. The van der Waals surface area contributed by atoms with Crippen LogP contribution in [0.1, 0.15) is 12.8 Å². The monoisotopic (exact) mass is 229 g/mol. The molecule has 0 aliphatic carbocycles. The van der Waals surface area contributed by atoms with Crippen LogP contribution in [0.15, 0.2) is 0 Å². The van der Waals surface area contributed by atoms with E-state index in [1.807, 2.05) is 0 Å². The maximum absolute atomic E-state index is 11.4. The van der Waals surface area contributed by atoms with Gasteiger partial charge in [-0.05, 0) is 25.9 Å². The molecular weight excluding hydrogens is 214 g/mol. The Balaban J connectivity index is 2.60. The fourth-order valence-electron chi connectivity index (χ4n) is 1.69. The molecule has 0 radical (unpaired) electrons. The van der Waals surface area contributed by atoms with Gasteiger partial charge in [-0.25, -0.2) is 4.79 Å². The summed E-state index contributed by atoms with van der Waals surface area (Å²) in [5, 5.41) is 16.8. The molecule has 0 atom stereocenters. The molecule has 7 heteroatoms. The van der Waals surface area contributed by atoms with Gasteiger partial charge in [-0.15, -0.1) is 0 Å². The predicted octanol–water partition coefficient (Wildman–Crippen LogP) is -1.94. The lowest BCUT2D eigenvalue weighted by atomic mass is 9.88. The van der Waals surface area contributed by atoms with Crippen molar-refractivity contribution in [1.82, 2.24) is 16.0 Å². The molecule has 2 amide bonds. The van der Waals surface area contributed by atoms with Gasteiger partial charge in [-0.3, -0.25) is 9.59 Å². The second kappa shape index (κ2) is 5.45. The first-order valence-corrected chi connectivity index (χ1v) is 5.03. The van der Waals surface area contributed by atoms with E-state index in [1.54, 1.807) is 0 Å². The molecule has 7 nitrogen and oxygen atoms in total. The van der Waals surface area contributed by atoms with Gasteiger partial charge in [0.2, 0.25) is 12.3 Å². The molecule has 0 saturated carbocycles. The molecule has 1 aliphatic heterocycles. The van der Waals surface area contributed by atoms with Gasteiger partial charge in [0.25, 0.3) is 0 Å². The fraction of sp³-hybridized carbons (Fsp3) is 0.667. The summed E-state index contributed by atoms with van der Waals surface area (Å²) in [6, 6.07) is 0. The van der Waals surface area contributed by atoms with Crippen molar-refractivity contribution in [2.75, 3.05) is 19.6 Å². The number of carbonyl (C=O) groups excluding carboxylic acids is 2. The van der Waals surface area contributed by atoms with Gasteiger partial charge in [0.05, 0.1) is 6.54 Å². The highest BCUT2D eigenvalue weighted by molar-refractivity contribution is 5.88. The Morgan fingerprint density at radius 3 is 2.50 bits per heavy atom. The number of carboxylic acid groups (broad SMARTS) is 1. The number of amides is 2. The van der Waals surface area contributed by atoms with E-state index in [-0.39, 0.29) is 6.54 Å². The van der Waals surface area contributed by atoms with Gasteiger partial charge in [0.15, 0.2) is 0 Å².